The smallest absolute Gasteiger partial charge is 0.131 e. The molecule has 1 aliphatic rings. The minimum absolute atomic E-state index is 0.573. The Hall–Kier alpha value is -1.32. The molecule has 0 spiro atoms. The van der Waals surface area contributed by atoms with Crippen LogP contribution in [0.2, 0.25) is 0 Å². The molecule has 0 aromatic carbocycles. The van der Waals surface area contributed by atoms with E-state index in [-0.39, 0.29) is 0 Å². The average Bonchev–Trinajstić information content (AvgIpc) is 2.29. The summed E-state index contributed by atoms with van der Waals surface area (Å²) >= 11 is 0. The highest BCUT2D eigenvalue weighted by Crippen LogP contribution is 2.25. The Morgan fingerprint density at radius 2 is 2.06 bits per heavy atom. The van der Waals surface area contributed by atoms with Gasteiger partial charge in [-0.05, 0) is 18.8 Å². The Labute approximate surface area is 96.9 Å². The van der Waals surface area contributed by atoms with E-state index in [0.29, 0.717) is 6.04 Å². The summed E-state index contributed by atoms with van der Waals surface area (Å²) < 4.78 is 0. The highest BCUT2D eigenvalue weighted by molar-refractivity contribution is 5.46. The molecular weight excluding hydrogens is 200 g/mol. The molecule has 0 amide bonds. The lowest BCUT2D eigenvalue weighted by atomic mass is 9.87. The first-order valence-electron chi connectivity index (χ1n) is 6.04. The monoisotopic (exact) mass is 220 g/mol. The summed E-state index contributed by atoms with van der Waals surface area (Å²) in [6.45, 7) is 2.33. The van der Waals surface area contributed by atoms with Gasteiger partial charge in [0.05, 0.1) is 0 Å². The minimum Gasteiger partial charge on any atom is -0.373 e. The number of anilines is 2. The van der Waals surface area contributed by atoms with Gasteiger partial charge in [-0.25, -0.2) is 9.97 Å². The van der Waals surface area contributed by atoms with E-state index in [1.54, 1.807) is 6.33 Å². The maximum atomic E-state index is 4.24. The van der Waals surface area contributed by atoms with E-state index in [2.05, 4.69) is 27.5 Å². The molecule has 1 aromatic heterocycles. The Morgan fingerprint density at radius 1 is 1.25 bits per heavy atom. The first-order chi connectivity index (χ1) is 7.78. The molecule has 1 aliphatic carbocycles. The van der Waals surface area contributed by atoms with E-state index in [1.165, 1.54) is 25.7 Å². The largest absolute Gasteiger partial charge is 0.373 e. The number of aromatic nitrogens is 2. The van der Waals surface area contributed by atoms with Crippen LogP contribution in [0.5, 0.6) is 0 Å². The van der Waals surface area contributed by atoms with Crippen LogP contribution >= 0.6 is 0 Å². The average molecular weight is 220 g/mol. The Kier molecular flexibility index (Phi) is 3.59. The molecule has 0 radical (unpaired) electrons. The standard InChI is InChI=1S/C12H20N4/c1-9-4-3-5-10(6-9)16-12-7-11(13-2)14-8-15-12/h7-10H,3-6H2,1-2H3,(H2,13,14,15,16). The van der Waals surface area contributed by atoms with Gasteiger partial charge >= 0.3 is 0 Å². The van der Waals surface area contributed by atoms with E-state index in [4.69, 9.17) is 0 Å². The van der Waals surface area contributed by atoms with Crippen molar-refractivity contribution in [1.82, 2.24) is 9.97 Å². The number of hydrogen-bond acceptors (Lipinski definition) is 4. The second-order valence-electron chi connectivity index (χ2n) is 4.65. The SMILES string of the molecule is CNc1cc(NC2CCCC(C)C2)ncn1. The molecule has 0 bridgehead atoms. The van der Waals surface area contributed by atoms with E-state index in [1.807, 2.05) is 13.1 Å². The summed E-state index contributed by atoms with van der Waals surface area (Å²) in [5.41, 5.74) is 0. The zero-order chi connectivity index (χ0) is 11.4. The molecule has 4 heteroatoms. The summed E-state index contributed by atoms with van der Waals surface area (Å²) in [5, 5.41) is 6.52. The van der Waals surface area contributed by atoms with Crippen LogP contribution in [0.4, 0.5) is 11.6 Å². The van der Waals surface area contributed by atoms with Gasteiger partial charge in [0.2, 0.25) is 0 Å². The number of hydrogen-bond donors (Lipinski definition) is 2. The van der Waals surface area contributed by atoms with Crippen molar-refractivity contribution < 1.29 is 0 Å². The third-order valence-corrected chi connectivity index (χ3v) is 3.21. The van der Waals surface area contributed by atoms with Crippen molar-refractivity contribution in [3.63, 3.8) is 0 Å². The highest BCUT2D eigenvalue weighted by Gasteiger charge is 2.18. The van der Waals surface area contributed by atoms with Crippen molar-refractivity contribution in [3.05, 3.63) is 12.4 Å². The molecule has 1 heterocycles. The van der Waals surface area contributed by atoms with E-state index in [9.17, 15) is 0 Å². The van der Waals surface area contributed by atoms with Crippen LogP contribution in [-0.2, 0) is 0 Å². The van der Waals surface area contributed by atoms with Crippen LogP contribution < -0.4 is 10.6 Å². The fourth-order valence-electron chi connectivity index (χ4n) is 2.35. The van der Waals surface area contributed by atoms with Gasteiger partial charge in [-0.15, -0.1) is 0 Å². The lowest BCUT2D eigenvalue weighted by molar-refractivity contribution is 0.358. The summed E-state index contributed by atoms with van der Waals surface area (Å²) in [6, 6.07) is 2.53. The fourth-order valence-corrected chi connectivity index (χ4v) is 2.35. The third kappa shape index (κ3) is 2.84. The van der Waals surface area contributed by atoms with Gasteiger partial charge in [-0.3, -0.25) is 0 Å². The zero-order valence-corrected chi connectivity index (χ0v) is 10.0. The minimum atomic E-state index is 0.573. The van der Waals surface area contributed by atoms with Crippen molar-refractivity contribution in [2.24, 2.45) is 5.92 Å². The maximum absolute atomic E-state index is 4.24. The van der Waals surface area contributed by atoms with Crippen molar-refractivity contribution in [2.75, 3.05) is 17.7 Å². The van der Waals surface area contributed by atoms with E-state index < -0.39 is 0 Å². The topological polar surface area (TPSA) is 49.8 Å². The lowest BCUT2D eigenvalue weighted by Gasteiger charge is -2.27. The number of rotatable bonds is 3. The molecule has 4 nitrogen and oxygen atoms in total. The zero-order valence-electron chi connectivity index (χ0n) is 10.0. The van der Waals surface area contributed by atoms with Gasteiger partial charge in [0, 0.05) is 19.2 Å². The van der Waals surface area contributed by atoms with Gasteiger partial charge in [0.15, 0.2) is 0 Å². The lowest BCUT2D eigenvalue weighted by Crippen LogP contribution is -2.26. The molecular formula is C12H20N4. The summed E-state index contributed by atoms with van der Waals surface area (Å²) in [5.74, 6) is 2.62. The van der Waals surface area contributed by atoms with Crippen molar-refractivity contribution in [1.29, 1.82) is 0 Å². The van der Waals surface area contributed by atoms with Gasteiger partial charge in [-0.1, -0.05) is 19.8 Å². The molecule has 2 N–H and O–H groups in total. The van der Waals surface area contributed by atoms with Gasteiger partial charge in [0.25, 0.3) is 0 Å². The van der Waals surface area contributed by atoms with Crippen molar-refractivity contribution in [3.8, 4) is 0 Å². The second kappa shape index (κ2) is 5.14. The van der Waals surface area contributed by atoms with Crippen LogP contribution in [0.25, 0.3) is 0 Å². The summed E-state index contributed by atoms with van der Waals surface area (Å²) in [6.07, 6.45) is 6.79. The molecule has 88 valence electrons. The molecule has 2 rings (SSSR count). The predicted octanol–water partition coefficient (Wildman–Crippen LogP) is 2.51. The van der Waals surface area contributed by atoms with E-state index >= 15 is 0 Å². The van der Waals surface area contributed by atoms with Crippen LogP contribution in [0.1, 0.15) is 32.6 Å². The number of nitrogens with one attached hydrogen (secondary N) is 2. The number of nitrogens with zero attached hydrogens (tertiary/aromatic N) is 2. The molecule has 2 atom stereocenters. The molecule has 1 fully saturated rings. The van der Waals surface area contributed by atoms with Gasteiger partial charge in [-0.2, -0.15) is 0 Å². The molecule has 1 saturated carbocycles. The Bertz CT molecular complexity index is 340. The van der Waals surface area contributed by atoms with Crippen LogP contribution in [0.15, 0.2) is 12.4 Å². The molecule has 0 aliphatic heterocycles. The van der Waals surface area contributed by atoms with Crippen molar-refractivity contribution in [2.45, 2.75) is 38.6 Å². The summed E-state index contributed by atoms with van der Waals surface area (Å²) in [7, 11) is 1.87. The Morgan fingerprint density at radius 3 is 2.81 bits per heavy atom. The van der Waals surface area contributed by atoms with Crippen molar-refractivity contribution >= 4 is 11.6 Å². The van der Waals surface area contributed by atoms with Gasteiger partial charge < -0.3 is 10.6 Å². The Balaban J connectivity index is 1.97. The van der Waals surface area contributed by atoms with Gasteiger partial charge in [0.1, 0.15) is 18.0 Å². The molecule has 2 unspecified atom stereocenters. The third-order valence-electron chi connectivity index (χ3n) is 3.21. The quantitative estimate of drug-likeness (QED) is 0.821. The maximum Gasteiger partial charge on any atom is 0.131 e. The first kappa shape index (κ1) is 11.2. The van der Waals surface area contributed by atoms with Crippen LogP contribution in [0, 0.1) is 5.92 Å². The van der Waals surface area contributed by atoms with E-state index in [0.717, 1.165) is 17.6 Å². The molecule has 0 saturated heterocycles. The van der Waals surface area contributed by atoms with Crippen LogP contribution in [-0.4, -0.2) is 23.1 Å². The normalized spacial score (nSPS) is 25.1. The second-order valence-corrected chi connectivity index (χ2v) is 4.65. The molecule has 1 aromatic rings. The fraction of sp³-hybridized carbons (Fsp3) is 0.667. The molecule has 16 heavy (non-hydrogen) atoms. The summed E-state index contributed by atoms with van der Waals surface area (Å²) in [4.78, 5) is 8.35. The predicted molar refractivity (Wildman–Crippen MR) is 66.6 cm³/mol. The van der Waals surface area contributed by atoms with Crippen LogP contribution in [0.3, 0.4) is 0 Å². The highest BCUT2D eigenvalue weighted by atomic mass is 15.1. The first-order valence-corrected chi connectivity index (χ1v) is 6.04.